The average molecular weight is 1370 g/mol. The van der Waals surface area contributed by atoms with Crippen LogP contribution in [0.5, 0.6) is 0 Å². The van der Waals surface area contributed by atoms with Crippen LogP contribution in [0.25, 0.3) is 0 Å². The van der Waals surface area contributed by atoms with Crippen molar-refractivity contribution >= 4 is 39.5 Å². The van der Waals surface area contributed by atoms with Crippen molar-refractivity contribution in [3.05, 3.63) is 0 Å². The van der Waals surface area contributed by atoms with Gasteiger partial charge in [0, 0.05) is 25.7 Å². The largest absolute Gasteiger partial charge is 0.472 e. The molecule has 0 aromatic rings. The first-order chi connectivity index (χ1) is 45.1. The molecule has 17 nitrogen and oxygen atoms in total. The maximum atomic E-state index is 13.1. The van der Waals surface area contributed by atoms with E-state index in [-0.39, 0.29) is 25.7 Å². The van der Waals surface area contributed by atoms with Crippen LogP contribution in [0.2, 0.25) is 0 Å². The topological polar surface area (TPSA) is 237 Å². The molecular formula is C74H144O17P2. The predicted molar refractivity (Wildman–Crippen MR) is 377 cm³/mol. The van der Waals surface area contributed by atoms with E-state index in [2.05, 4.69) is 34.6 Å². The molecule has 0 fully saturated rings. The normalized spacial score (nSPS) is 14.3. The van der Waals surface area contributed by atoms with Gasteiger partial charge in [-0.15, -0.1) is 0 Å². The zero-order chi connectivity index (χ0) is 68.4. The molecule has 0 aromatic heterocycles. The highest BCUT2D eigenvalue weighted by Gasteiger charge is 2.30. The van der Waals surface area contributed by atoms with Crippen LogP contribution in [0.15, 0.2) is 0 Å². The molecule has 0 aliphatic heterocycles. The Morgan fingerprint density at radius 3 is 0.763 bits per heavy atom. The van der Waals surface area contributed by atoms with Crippen LogP contribution in [-0.2, 0) is 65.4 Å². The molecule has 0 bridgehead atoms. The van der Waals surface area contributed by atoms with E-state index in [0.29, 0.717) is 25.7 Å². The molecule has 3 N–H and O–H groups in total. The molecule has 0 radical (unpaired) electrons. The second kappa shape index (κ2) is 67.3. The van der Waals surface area contributed by atoms with Crippen molar-refractivity contribution in [2.45, 2.75) is 406 Å². The third kappa shape index (κ3) is 67.0. The number of unbranched alkanes of at least 4 members (excludes halogenated alkanes) is 45. The van der Waals surface area contributed by atoms with E-state index in [1.54, 1.807) is 0 Å². The van der Waals surface area contributed by atoms with E-state index in [1.807, 2.05) is 0 Å². The molecular weight excluding hydrogens is 1220 g/mol. The molecule has 0 rings (SSSR count). The van der Waals surface area contributed by atoms with Gasteiger partial charge in [0.1, 0.15) is 19.3 Å². The third-order valence-electron chi connectivity index (χ3n) is 17.6. The second-order valence-electron chi connectivity index (χ2n) is 26.9. The lowest BCUT2D eigenvalue weighted by molar-refractivity contribution is -0.161. The van der Waals surface area contributed by atoms with Gasteiger partial charge in [-0.3, -0.25) is 37.3 Å². The molecule has 0 heterocycles. The standard InChI is InChI=1S/C74H144O17P2/c1-6-10-13-16-19-22-24-26-28-29-31-33-35-38-44-49-54-59-73(78)90-69(64-85-72(77)58-53-48-43-37-34-32-30-27-25-23-20-17-14-11-7-2)65-88-92(80,81)86-61-68(75)62-87-93(82,83)89-66-70(63-84-71(76)57-52-47-42-36-21-18-15-12-8-3)91-74(79)60-55-50-45-40-39-41-46-51-56-67(5)9-4/h67-70,75H,6-66H2,1-5H3,(H,80,81)(H,82,83)/t67?,68-,69-,70-/m1/s1. The molecule has 19 heteroatoms. The summed E-state index contributed by atoms with van der Waals surface area (Å²) >= 11 is 0. The summed E-state index contributed by atoms with van der Waals surface area (Å²) in [6.45, 7) is 7.26. The van der Waals surface area contributed by atoms with Gasteiger partial charge in [-0.2, -0.15) is 0 Å². The number of aliphatic hydroxyl groups is 1. The van der Waals surface area contributed by atoms with Gasteiger partial charge in [-0.05, 0) is 31.6 Å². The summed E-state index contributed by atoms with van der Waals surface area (Å²) in [5.41, 5.74) is 0. The van der Waals surface area contributed by atoms with Gasteiger partial charge in [0.15, 0.2) is 12.2 Å². The maximum Gasteiger partial charge on any atom is 0.472 e. The monoisotopic (exact) mass is 1370 g/mol. The van der Waals surface area contributed by atoms with E-state index in [4.69, 9.17) is 37.0 Å². The number of aliphatic hydroxyl groups excluding tert-OH is 1. The van der Waals surface area contributed by atoms with Crippen molar-refractivity contribution in [1.29, 1.82) is 0 Å². The summed E-state index contributed by atoms with van der Waals surface area (Å²) in [7, 11) is -9.90. The van der Waals surface area contributed by atoms with Gasteiger partial charge >= 0.3 is 39.5 Å². The first kappa shape index (κ1) is 91.1. The lowest BCUT2D eigenvalue weighted by Gasteiger charge is -2.21. The van der Waals surface area contributed by atoms with E-state index < -0.39 is 97.5 Å². The summed E-state index contributed by atoms with van der Waals surface area (Å²) in [6, 6.07) is 0. The number of rotatable bonds is 74. The molecule has 93 heavy (non-hydrogen) atoms. The SMILES string of the molecule is CCCCCCCCCCCCCCCCCCCC(=O)O[C@H](COC(=O)CCCCCCCCCCCCCCCCC)COP(=O)(O)OC[C@@H](O)COP(=O)(O)OC[C@@H](COC(=O)CCCCCCCCCCC)OC(=O)CCCCCCCCCCC(C)CC. The minimum Gasteiger partial charge on any atom is -0.462 e. The highest BCUT2D eigenvalue weighted by Crippen LogP contribution is 2.45. The highest BCUT2D eigenvalue weighted by molar-refractivity contribution is 7.47. The Kier molecular flexibility index (Phi) is 65.9. The predicted octanol–water partition coefficient (Wildman–Crippen LogP) is 21.7. The molecule has 552 valence electrons. The van der Waals surface area contributed by atoms with Crippen LogP contribution in [0, 0.1) is 5.92 Å². The Balaban J connectivity index is 5.23. The minimum absolute atomic E-state index is 0.105. The second-order valence-corrected chi connectivity index (χ2v) is 29.8. The molecule has 0 aromatic carbocycles. The summed E-state index contributed by atoms with van der Waals surface area (Å²) in [6.07, 6.45) is 55.4. The third-order valence-corrected chi connectivity index (χ3v) is 19.5. The molecule has 0 aliphatic carbocycles. The molecule has 0 saturated carbocycles. The number of carbonyl (C=O) groups excluding carboxylic acids is 4. The Hall–Kier alpha value is -1.94. The van der Waals surface area contributed by atoms with Crippen molar-refractivity contribution in [2.75, 3.05) is 39.6 Å². The molecule has 0 saturated heterocycles. The van der Waals surface area contributed by atoms with Gasteiger partial charge < -0.3 is 33.8 Å². The van der Waals surface area contributed by atoms with Gasteiger partial charge in [0.25, 0.3) is 0 Å². The first-order valence-corrected chi connectivity index (χ1v) is 41.7. The van der Waals surface area contributed by atoms with Crippen molar-refractivity contribution in [3.8, 4) is 0 Å². The van der Waals surface area contributed by atoms with E-state index >= 15 is 0 Å². The number of esters is 4. The van der Waals surface area contributed by atoms with E-state index in [1.165, 1.54) is 212 Å². The van der Waals surface area contributed by atoms with Crippen molar-refractivity contribution in [3.63, 3.8) is 0 Å². The van der Waals surface area contributed by atoms with Crippen LogP contribution >= 0.6 is 15.6 Å². The number of phosphoric acid groups is 2. The number of hydrogen-bond acceptors (Lipinski definition) is 15. The fraction of sp³-hybridized carbons (Fsp3) is 0.946. The van der Waals surface area contributed by atoms with E-state index in [9.17, 15) is 43.2 Å². The molecule has 0 aliphatic rings. The van der Waals surface area contributed by atoms with Crippen molar-refractivity contribution in [2.24, 2.45) is 5.92 Å². The Morgan fingerprint density at radius 2 is 0.516 bits per heavy atom. The van der Waals surface area contributed by atoms with Gasteiger partial charge in [-0.25, -0.2) is 9.13 Å². The molecule has 0 spiro atoms. The Bertz CT molecular complexity index is 1790. The first-order valence-electron chi connectivity index (χ1n) is 38.7. The number of ether oxygens (including phenoxy) is 4. The number of phosphoric ester groups is 2. The Labute approximate surface area is 568 Å². The van der Waals surface area contributed by atoms with Crippen LogP contribution < -0.4 is 0 Å². The Morgan fingerprint density at radius 1 is 0.301 bits per heavy atom. The van der Waals surface area contributed by atoms with Crippen LogP contribution in [0.4, 0.5) is 0 Å². The lowest BCUT2D eigenvalue weighted by Crippen LogP contribution is -2.30. The van der Waals surface area contributed by atoms with Crippen LogP contribution in [0.1, 0.15) is 388 Å². The number of carbonyl (C=O) groups is 4. The summed E-state index contributed by atoms with van der Waals surface area (Å²) in [5, 5.41) is 10.6. The quantitative estimate of drug-likeness (QED) is 0.0222. The summed E-state index contributed by atoms with van der Waals surface area (Å²) in [5.74, 6) is -1.35. The zero-order valence-corrected chi connectivity index (χ0v) is 62.2. The fourth-order valence-electron chi connectivity index (χ4n) is 11.3. The molecule has 6 atom stereocenters. The zero-order valence-electron chi connectivity index (χ0n) is 60.4. The van der Waals surface area contributed by atoms with Gasteiger partial charge in [0.05, 0.1) is 26.4 Å². The van der Waals surface area contributed by atoms with Crippen LogP contribution in [-0.4, -0.2) is 96.7 Å². The van der Waals surface area contributed by atoms with Crippen molar-refractivity contribution < 1.29 is 80.2 Å². The minimum atomic E-state index is -4.95. The number of hydrogen-bond donors (Lipinski definition) is 3. The lowest BCUT2D eigenvalue weighted by atomic mass is 9.99. The van der Waals surface area contributed by atoms with Crippen molar-refractivity contribution in [1.82, 2.24) is 0 Å². The highest BCUT2D eigenvalue weighted by atomic mass is 31.2. The fourth-order valence-corrected chi connectivity index (χ4v) is 12.9. The maximum absolute atomic E-state index is 13.1. The smallest absolute Gasteiger partial charge is 0.462 e. The molecule has 0 amide bonds. The van der Waals surface area contributed by atoms with Crippen LogP contribution in [0.3, 0.4) is 0 Å². The van der Waals surface area contributed by atoms with E-state index in [0.717, 1.165) is 95.8 Å². The van der Waals surface area contributed by atoms with Gasteiger partial charge in [-0.1, -0.05) is 336 Å². The molecule has 3 unspecified atom stereocenters. The summed E-state index contributed by atoms with van der Waals surface area (Å²) in [4.78, 5) is 72.7. The average Bonchev–Trinajstić information content (AvgIpc) is 2.13. The van der Waals surface area contributed by atoms with Gasteiger partial charge in [0.2, 0.25) is 0 Å². The summed E-state index contributed by atoms with van der Waals surface area (Å²) < 4.78 is 68.4.